The quantitative estimate of drug-likeness (QED) is 0.654. The number of ether oxygens (including phenoxy) is 1. The molecule has 3 nitrogen and oxygen atoms in total. The predicted octanol–water partition coefficient (Wildman–Crippen LogP) is 4.42. The summed E-state index contributed by atoms with van der Waals surface area (Å²) in [5.41, 5.74) is 0.404. The van der Waals surface area contributed by atoms with E-state index in [1.165, 1.54) is 12.1 Å². The highest BCUT2D eigenvalue weighted by atomic mass is 19.1. The number of aromatic hydroxyl groups is 1. The Morgan fingerprint density at radius 2 is 1.86 bits per heavy atom. The van der Waals surface area contributed by atoms with Gasteiger partial charge in [-0.3, -0.25) is 0 Å². The van der Waals surface area contributed by atoms with Gasteiger partial charge in [-0.15, -0.1) is 0 Å². The van der Waals surface area contributed by atoms with Crippen LogP contribution in [0.1, 0.15) is 41.9 Å². The van der Waals surface area contributed by atoms with Gasteiger partial charge in [0.2, 0.25) is 0 Å². The number of esters is 1. The number of rotatable bonds is 5. The van der Waals surface area contributed by atoms with Crippen LogP contribution in [0, 0.1) is 0 Å². The summed E-state index contributed by atoms with van der Waals surface area (Å²) in [6, 6.07) is 12.6. The highest BCUT2D eigenvalue weighted by molar-refractivity contribution is 5.93. The van der Waals surface area contributed by atoms with Crippen LogP contribution in [-0.4, -0.2) is 11.1 Å². The Kier molecular flexibility index (Phi) is 4.93. The lowest BCUT2D eigenvalue weighted by Crippen LogP contribution is -2.10. The third-order valence-electron chi connectivity index (χ3n) is 3.13. The molecule has 0 saturated heterocycles. The van der Waals surface area contributed by atoms with Gasteiger partial charge in [0, 0.05) is 5.56 Å². The average molecular weight is 288 g/mol. The van der Waals surface area contributed by atoms with Crippen molar-refractivity contribution < 1.29 is 19.0 Å². The Morgan fingerprint density at radius 1 is 1.19 bits per heavy atom. The van der Waals surface area contributed by atoms with Crippen molar-refractivity contribution in [1.29, 1.82) is 0 Å². The molecule has 1 N–H and O–H groups in total. The van der Waals surface area contributed by atoms with Gasteiger partial charge >= 0.3 is 5.97 Å². The fraction of sp³-hybridized carbons (Fsp3) is 0.235. The number of phenols is 1. The molecule has 2 rings (SSSR count). The molecule has 0 saturated carbocycles. The molecule has 21 heavy (non-hydrogen) atoms. The van der Waals surface area contributed by atoms with Crippen LogP contribution < -0.4 is 4.74 Å². The van der Waals surface area contributed by atoms with Crippen molar-refractivity contribution in [1.82, 2.24) is 0 Å². The summed E-state index contributed by atoms with van der Waals surface area (Å²) in [5.74, 6) is -0.679. The standard InChI is InChI=1S/C17H17FO3/c1-2-7-14(18)12-8-4-6-11-16(12)21-17(20)13-9-3-5-10-15(13)19/h3-6,8-11,14,19H,2,7H2,1H3. The maximum Gasteiger partial charge on any atom is 0.347 e. The molecule has 110 valence electrons. The van der Waals surface area contributed by atoms with Gasteiger partial charge in [0.15, 0.2) is 0 Å². The molecule has 0 spiro atoms. The number of para-hydroxylation sites is 2. The lowest BCUT2D eigenvalue weighted by Gasteiger charge is -2.13. The zero-order valence-corrected chi connectivity index (χ0v) is 11.8. The number of hydrogen-bond donors (Lipinski definition) is 1. The summed E-state index contributed by atoms with van der Waals surface area (Å²) in [7, 11) is 0. The van der Waals surface area contributed by atoms with E-state index in [2.05, 4.69) is 0 Å². The minimum absolute atomic E-state index is 0.0539. The molecule has 2 aromatic rings. The van der Waals surface area contributed by atoms with Crippen molar-refractivity contribution in [3.05, 3.63) is 59.7 Å². The van der Waals surface area contributed by atoms with Crippen molar-refractivity contribution in [3.63, 3.8) is 0 Å². The third kappa shape index (κ3) is 3.60. The lowest BCUT2D eigenvalue weighted by molar-refractivity contribution is 0.0727. The fourth-order valence-electron chi connectivity index (χ4n) is 2.04. The summed E-state index contributed by atoms with van der Waals surface area (Å²) in [4.78, 5) is 12.1. The minimum Gasteiger partial charge on any atom is -0.507 e. The highest BCUT2D eigenvalue weighted by Gasteiger charge is 2.18. The van der Waals surface area contributed by atoms with E-state index in [9.17, 15) is 14.3 Å². The van der Waals surface area contributed by atoms with Gasteiger partial charge in [0.05, 0.1) is 0 Å². The first-order chi connectivity index (χ1) is 10.1. The minimum atomic E-state index is -1.18. The molecule has 0 fully saturated rings. The first-order valence-corrected chi connectivity index (χ1v) is 6.86. The summed E-state index contributed by atoms with van der Waals surface area (Å²) >= 11 is 0. The first kappa shape index (κ1) is 15.0. The Bertz CT molecular complexity index is 625. The molecular weight excluding hydrogens is 271 g/mol. The van der Waals surface area contributed by atoms with E-state index in [0.29, 0.717) is 18.4 Å². The maximum atomic E-state index is 14.1. The smallest absolute Gasteiger partial charge is 0.347 e. The summed E-state index contributed by atoms with van der Waals surface area (Å²) in [5, 5.41) is 9.65. The molecule has 1 atom stereocenters. The van der Waals surface area contributed by atoms with Gasteiger partial charge in [-0.1, -0.05) is 43.7 Å². The molecule has 0 aliphatic heterocycles. The SMILES string of the molecule is CCCC(F)c1ccccc1OC(=O)c1ccccc1O. The monoisotopic (exact) mass is 288 g/mol. The number of carbonyl (C=O) groups excluding carboxylic acids is 1. The maximum absolute atomic E-state index is 14.1. The summed E-state index contributed by atoms with van der Waals surface area (Å²) in [6.45, 7) is 1.89. The molecule has 0 radical (unpaired) electrons. The van der Waals surface area contributed by atoms with Crippen LogP contribution in [0.4, 0.5) is 4.39 Å². The van der Waals surface area contributed by atoms with Gasteiger partial charge in [-0.25, -0.2) is 9.18 Å². The molecule has 0 aliphatic rings. The Balaban J connectivity index is 2.24. The summed E-state index contributed by atoms with van der Waals surface area (Å²) in [6.07, 6.45) is -0.114. The van der Waals surface area contributed by atoms with E-state index in [4.69, 9.17) is 4.74 Å². The van der Waals surface area contributed by atoms with E-state index < -0.39 is 12.1 Å². The van der Waals surface area contributed by atoms with Gasteiger partial charge in [-0.05, 0) is 24.6 Å². The Hall–Kier alpha value is -2.36. The van der Waals surface area contributed by atoms with Gasteiger partial charge in [0.1, 0.15) is 23.2 Å². The molecule has 0 bridgehead atoms. The zero-order valence-electron chi connectivity index (χ0n) is 11.8. The number of halogens is 1. The van der Waals surface area contributed by atoms with Gasteiger partial charge in [-0.2, -0.15) is 0 Å². The Morgan fingerprint density at radius 3 is 2.57 bits per heavy atom. The average Bonchev–Trinajstić information content (AvgIpc) is 2.48. The zero-order chi connectivity index (χ0) is 15.2. The number of alkyl halides is 1. The fourth-order valence-corrected chi connectivity index (χ4v) is 2.04. The van der Waals surface area contributed by atoms with E-state index in [-0.39, 0.29) is 17.1 Å². The van der Waals surface area contributed by atoms with Crippen LogP contribution in [0.25, 0.3) is 0 Å². The van der Waals surface area contributed by atoms with E-state index in [0.717, 1.165) is 0 Å². The van der Waals surface area contributed by atoms with Crippen molar-refractivity contribution >= 4 is 5.97 Å². The second-order valence-corrected chi connectivity index (χ2v) is 4.70. The second-order valence-electron chi connectivity index (χ2n) is 4.70. The number of benzene rings is 2. The largest absolute Gasteiger partial charge is 0.507 e. The first-order valence-electron chi connectivity index (χ1n) is 6.86. The van der Waals surface area contributed by atoms with Crippen molar-refractivity contribution in [2.75, 3.05) is 0 Å². The van der Waals surface area contributed by atoms with Crippen LogP contribution in [0.3, 0.4) is 0 Å². The topological polar surface area (TPSA) is 46.5 Å². The molecule has 0 aromatic heterocycles. The van der Waals surface area contributed by atoms with Gasteiger partial charge < -0.3 is 9.84 Å². The third-order valence-corrected chi connectivity index (χ3v) is 3.13. The molecule has 0 aliphatic carbocycles. The molecule has 1 unspecified atom stereocenters. The number of carbonyl (C=O) groups is 1. The second kappa shape index (κ2) is 6.88. The Labute approximate surface area is 123 Å². The van der Waals surface area contributed by atoms with Crippen LogP contribution in [0.5, 0.6) is 11.5 Å². The lowest BCUT2D eigenvalue weighted by atomic mass is 10.1. The normalized spacial score (nSPS) is 11.9. The predicted molar refractivity (Wildman–Crippen MR) is 78.3 cm³/mol. The van der Waals surface area contributed by atoms with Crippen molar-refractivity contribution in [3.8, 4) is 11.5 Å². The van der Waals surface area contributed by atoms with Crippen molar-refractivity contribution in [2.24, 2.45) is 0 Å². The molecule has 0 heterocycles. The summed E-state index contributed by atoms with van der Waals surface area (Å²) < 4.78 is 19.3. The van der Waals surface area contributed by atoms with Crippen LogP contribution in [-0.2, 0) is 0 Å². The van der Waals surface area contributed by atoms with Crippen LogP contribution in [0.15, 0.2) is 48.5 Å². The van der Waals surface area contributed by atoms with E-state index in [1.807, 2.05) is 6.92 Å². The number of hydrogen-bond acceptors (Lipinski definition) is 3. The van der Waals surface area contributed by atoms with E-state index in [1.54, 1.807) is 36.4 Å². The van der Waals surface area contributed by atoms with Gasteiger partial charge in [0.25, 0.3) is 0 Å². The molecule has 4 heteroatoms. The van der Waals surface area contributed by atoms with Crippen LogP contribution in [0.2, 0.25) is 0 Å². The molecule has 0 amide bonds. The molecular formula is C17H17FO3. The number of phenolic OH excluding ortho intramolecular Hbond substituents is 1. The van der Waals surface area contributed by atoms with Crippen molar-refractivity contribution in [2.45, 2.75) is 25.9 Å². The molecule has 2 aromatic carbocycles. The highest BCUT2D eigenvalue weighted by Crippen LogP contribution is 2.31. The van der Waals surface area contributed by atoms with E-state index >= 15 is 0 Å². The van der Waals surface area contributed by atoms with Crippen LogP contribution >= 0.6 is 0 Å².